The SMILES string of the molecule is COc1ccccc1OCC(=O)/C=C1/N(C)c2ccccc2C1(C)C. The van der Waals surface area contributed by atoms with Crippen LogP contribution in [0.15, 0.2) is 60.3 Å². The number of rotatable bonds is 5. The number of hydrogen-bond donors (Lipinski definition) is 0. The Hall–Kier alpha value is -2.75. The van der Waals surface area contributed by atoms with Crippen LogP contribution in [-0.4, -0.2) is 26.5 Å². The number of fused-ring (bicyclic) bond motifs is 1. The summed E-state index contributed by atoms with van der Waals surface area (Å²) in [6.07, 6.45) is 1.69. The van der Waals surface area contributed by atoms with Gasteiger partial charge in [0, 0.05) is 29.9 Å². The number of carbonyl (C=O) groups excluding carboxylic acids is 1. The molecular formula is C21H23NO3. The molecule has 25 heavy (non-hydrogen) atoms. The van der Waals surface area contributed by atoms with E-state index >= 15 is 0 Å². The number of likely N-dealkylation sites (N-methyl/N-ethyl adjacent to an activating group) is 1. The van der Waals surface area contributed by atoms with Crippen LogP contribution in [0.2, 0.25) is 0 Å². The monoisotopic (exact) mass is 337 g/mol. The summed E-state index contributed by atoms with van der Waals surface area (Å²) < 4.78 is 10.9. The third-order valence-electron chi connectivity index (χ3n) is 4.68. The molecule has 0 unspecified atom stereocenters. The molecule has 0 fully saturated rings. The van der Waals surface area contributed by atoms with Crippen molar-refractivity contribution in [2.24, 2.45) is 0 Å². The third kappa shape index (κ3) is 3.12. The van der Waals surface area contributed by atoms with Crippen LogP contribution in [-0.2, 0) is 10.2 Å². The highest BCUT2D eigenvalue weighted by atomic mass is 16.5. The van der Waals surface area contributed by atoms with Gasteiger partial charge in [-0.25, -0.2) is 0 Å². The number of para-hydroxylation sites is 3. The van der Waals surface area contributed by atoms with Gasteiger partial charge in [0.05, 0.1) is 7.11 Å². The van der Waals surface area contributed by atoms with Crippen molar-refractivity contribution in [2.45, 2.75) is 19.3 Å². The minimum atomic E-state index is -0.217. The van der Waals surface area contributed by atoms with E-state index in [1.807, 2.05) is 37.4 Å². The molecule has 0 aromatic heterocycles. The summed E-state index contributed by atoms with van der Waals surface area (Å²) >= 11 is 0. The summed E-state index contributed by atoms with van der Waals surface area (Å²) in [5.41, 5.74) is 3.12. The molecule has 3 rings (SSSR count). The van der Waals surface area contributed by atoms with Gasteiger partial charge in [-0.15, -0.1) is 0 Å². The van der Waals surface area contributed by atoms with Crippen LogP contribution in [0.3, 0.4) is 0 Å². The number of methoxy groups -OCH3 is 1. The fraction of sp³-hybridized carbons (Fsp3) is 0.286. The van der Waals surface area contributed by atoms with Crippen molar-refractivity contribution in [2.75, 3.05) is 25.7 Å². The van der Waals surface area contributed by atoms with Crippen molar-refractivity contribution in [1.29, 1.82) is 0 Å². The molecule has 1 aliphatic heterocycles. The average molecular weight is 337 g/mol. The smallest absolute Gasteiger partial charge is 0.194 e. The van der Waals surface area contributed by atoms with E-state index in [-0.39, 0.29) is 17.8 Å². The maximum absolute atomic E-state index is 12.5. The van der Waals surface area contributed by atoms with Crippen LogP contribution in [0, 0.1) is 0 Å². The normalized spacial score (nSPS) is 16.6. The van der Waals surface area contributed by atoms with Gasteiger partial charge in [-0.1, -0.05) is 44.2 Å². The number of anilines is 1. The molecule has 0 aliphatic carbocycles. The van der Waals surface area contributed by atoms with E-state index in [2.05, 4.69) is 30.9 Å². The fourth-order valence-electron chi connectivity index (χ4n) is 3.34. The maximum atomic E-state index is 12.5. The summed E-state index contributed by atoms with van der Waals surface area (Å²) in [6, 6.07) is 15.6. The first-order chi connectivity index (χ1) is 11.9. The van der Waals surface area contributed by atoms with Gasteiger partial charge in [0.25, 0.3) is 0 Å². The van der Waals surface area contributed by atoms with Crippen molar-refractivity contribution >= 4 is 11.5 Å². The molecule has 0 spiro atoms. The van der Waals surface area contributed by atoms with E-state index in [4.69, 9.17) is 9.47 Å². The molecule has 0 N–H and O–H groups in total. The Morgan fingerprint density at radius 3 is 2.40 bits per heavy atom. The lowest BCUT2D eigenvalue weighted by Crippen LogP contribution is -2.25. The molecule has 2 aromatic carbocycles. The highest BCUT2D eigenvalue weighted by Gasteiger charge is 2.38. The second kappa shape index (κ2) is 6.63. The quantitative estimate of drug-likeness (QED) is 0.774. The molecule has 1 aliphatic rings. The molecule has 0 atom stereocenters. The Morgan fingerprint density at radius 1 is 1.08 bits per heavy atom. The van der Waals surface area contributed by atoms with Gasteiger partial charge in [0.2, 0.25) is 0 Å². The Balaban J connectivity index is 1.78. The largest absolute Gasteiger partial charge is 0.493 e. The van der Waals surface area contributed by atoms with Crippen molar-refractivity contribution in [1.82, 2.24) is 0 Å². The first-order valence-electron chi connectivity index (χ1n) is 8.29. The first kappa shape index (κ1) is 17.1. The van der Waals surface area contributed by atoms with Gasteiger partial charge < -0.3 is 14.4 Å². The van der Waals surface area contributed by atoms with Crippen LogP contribution in [0.5, 0.6) is 11.5 Å². The molecular weight excluding hydrogens is 314 g/mol. The lowest BCUT2D eigenvalue weighted by atomic mass is 9.83. The lowest BCUT2D eigenvalue weighted by molar-refractivity contribution is -0.116. The summed E-state index contributed by atoms with van der Waals surface area (Å²) in [6.45, 7) is 4.25. The number of carbonyl (C=O) groups is 1. The summed E-state index contributed by atoms with van der Waals surface area (Å²) in [5, 5.41) is 0. The molecule has 4 heteroatoms. The zero-order valence-corrected chi connectivity index (χ0v) is 15.1. The highest BCUT2D eigenvalue weighted by Crippen LogP contribution is 2.46. The molecule has 130 valence electrons. The molecule has 2 aromatic rings. The number of ketones is 1. The molecule has 0 amide bonds. The maximum Gasteiger partial charge on any atom is 0.194 e. The molecule has 1 heterocycles. The number of hydrogen-bond acceptors (Lipinski definition) is 4. The summed E-state index contributed by atoms with van der Waals surface area (Å²) in [4.78, 5) is 14.6. The van der Waals surface area contributed by atoms with E-state index in [9.17, 15) is 4.79 Å². The predicted molar refractivity (Wildman–Crippen MR) is 99.5 cm³/mol. The highest BCUT2D eigenvalue weighted by molar-refractivity contribution is 5.93. The Bertz CT molecular complexity index is 823. The van der Waals surface area contributed by atoms with Crippen molar-refractivity contribution < 1.29 is 14.3 Å². The zero-order valence-electron chi connectivity index (χ0n) is 15.1. The number of allylic oxidation sites excluding steroid dienone is 1. The van der Waals surface area contributed by atoms with Gasteiger partial charge in [-0.05, 0) is 23.8 Å². The van der Waals surface area contributed by atoms with Gasteiger partial charge in [-0.2, -0.15) is 0 Å². The van der Waals surface area contributed by atoms with Gasteiger partial charge in [0.15, 0.2) is 23.9 Å². The Morgan fingerprint density at radius 2 is 1.72 bits per heavy atom. The van der Waals surface area contributed by atoms with E-state index in [1.165, 1.54) is 5.56 Å². The number of benzene rings is 2. The number of ether oxygens (including phenoxy) is 2. The standard InChI is InChI=1S/C21H23NO3/c1-21(2)16-9-5-6-10-17(16)22(3)20(21)13-15(23)14-25-19-12-8-7-11-18(19)24-4/h5-13H,14H2,1-4H3/b20-13+. The topological polar surface area (TPSA) is 38.8 Å². The second-order valence-corrected chi connectivity index (χ2v) is 6.64. The van der Waals surface area contributed by atoms with E-state index in [0.29, 0.717) is 11.5 Å². The first-order valence-corrected chi connectivity index (χ1v) is 8.29. The van der Waals surface area contributed by atoms with Crippen LogP contribution < -0.4 is 14.4 Å². The average Bonchev–Trinajstić information content (AvgIpc) is 2.81. The molecule has 0 saturated heterocycles. The fourth-order valence-corrected chi connectivity index (χ4v) is 3.34. The molecule has 0 saturated carbocycles. The molecule has 0 bridgehead atoms. The minimum absolute atomic E-state index is 0.0237. The third-order valence-corrected chi connectivity index (χ3v) is 4.68. The van der Waals surface area contributed by atoms with Gasteiger partial charge >= 0.3 is 0 Å². The number of nitrogens with zero attached hydrogens (tertiary/aromatic N) is 1. The zero-order chi connectivity index (χ0) is 18.0. The van der Waals surface area contributed by atoms with Crippen molar-refractivity contribution in [3.8, 4) is 11.5 Å². The van der Waals surface area contributed by atoms with Crippen LogP contribution in [0.1, 0.15) is 19.4 Å². The lowest BCUT2D eigenvalue weighted by Gasteiger charge is -2.24. The Labute approximate surface area is 148 Å². The molecule has 0 radical (unpaired) electrons. The van der Waals surface area contributed by atoms with Crippen LogP contribution in [0.25, 0.3) is 0 Å². The molecule has 4 nitrogen and oxygen atoms in total. The van der Waals surface area contributed by atoms with Crippen LogP contribution in [0.4, 0.5) is 5.69 Å². The van der Waals surface area contributed by atoms with Gasteiger partial charge in [0.1, 0.15) is 0 Å². The second-order valence-electron chi connectivity index (χ2n) is 6.64. The minimum Gasteiger partial charge on any atom is -0.493 e. The van der Waals surface area contributed by atoms with Crippen LogP contribution >= 0.6 is 0 Å². The van der Waals surface area contributed by atoms with Crippen molar-refractivity contribution in [3.63, 3.8) is 0 Å². The summed E-state index contributed by atoms with van der Waals surface area (Å²) in [7, 11) is 3.58. The van der Waals surface area contributed by atoms with E-state index in [0.717, 1.165) is 11.4 Å². The van der Waals surface area contributed by atoms with E-state index < -0.39 is 0 Å². The predicted octanol–water partition coefficient (Wildman–Crippen LogP) is 3.95. The Kier molecular flexibility index (Phi) is 4.53. The summed E-state index contributed by atoms with van der Waals surface area (Å²) in [5.74, 6) is 1.11. The van der Waals surface area contributed by atoms with Crippen molar-refractivity contribution in [3.05, 3.63) is 65.9 Å². The van der Waals surface area contributed by atoms with E-state index in [1.54, 1.807) is 19.3 Å². The van der Waals surface area contributed by atoms with Gasteiger partial charge in [-0.3, -0.25) is 4.79 Å².